The Morgan fingerprint density at radius 2 is 1.92 bits per heavy atom. The van der Waals surface area contributed by atoms with Crippen LogP contribution in [0.2, 0.25) is 0 Å². The Hall–Kier alpha value is -2.65. The number of nitrogens with one attached hydrogen (secondary N) is 1. The molecule has 0 spiro atoms. The van der Waals surface area contributed by atoms with Crippen molar-refractivity contribution in [3.05, 3.63) is 47.3 Å². The number of nitrogens with zero attached hydrogens (tertiary/aromatic N) is 1. The third-order valence-corrected chi connectivity index (χ3v) is 10.4. The third-order valence-electron chi connectivity index (χ3n) is 10.4. The quantitative estimate of drug-likeness (QED) is 0.412. The summed E-state index contributed by atoms with van der Waals surface area (Å²) in [7, 11) is 0. The highest BCUT2D eigenvalue weighted by Gasteiger charge is 2.63. The van der Waals surface area contributed by atoms with Gasteiger partial charge in [-0.15, -0.1) is 6.42 Å². The number of aliphatic hydroxyl groups is 1. The van der Waals surface area contributed by atoms with Gasteiger partial charge in [-0.05, 0) is 105 Å². The average Bonchev–Trinajstić information content (AvgIpc) is 3.16. The molecule has 2 N–H and O–H groups in total. The van der Waals surface area contributed by atoms with Crippen molar-refractivity contribution in [2.45, 2.75) is 77.2 Å². The number of halogens is 1. The third kappa shape index (κ3) is 4.61. The van der Waals surface area contributed by atoms with Crippen molar-refractivity contribution in [3.63, 3.8) is 0 Å². The number of terminal acetylenes is 1. The van der Waals surface area contributed by atoms with Gasteiger partial charge in [0.2, 0.25) is 0 Å². The molecular formula is C31H39FN2O3. The van der Waals surface area contributed by atoms with E-state index in [0.717, 1.165) is 62.6 Å². The number of rotatable bonds is 6. The van der Waals surface area contributed by atoms with Crippen molar-refractivity contribution >= 4 is 11.6 Å². The summed E-state index contributed by atoms with van der Waals surface area (Å²) in [6, 6.07) is 6.29. The number of allylic oxidation sites excluding steroid dienone is 2. The molecule has 3 saturated carbocycles. The first-order valence-electron chi connectivity index (χ1n) is 13.8. The Labute approximate surface area is 219 Å². The number of benzene rings is 1. The lowest BCUT2D eigenvalue weighted by molar-refractivity contribution is -0.125. The Morgan fingerprint density at radius 3 is 2.68 bits per heavy atom. The number of amides is 1. The fourth-order valence-corrected chi connectivity index (χ4v) is 8.12. The molecule has 37 heavy (non-hydrogen) atoms. The van der Waals surface area contributed by atoms with Crippen LogP contribution in [0.15, 0.2) is 41.1 Å². The highest BCUT2D eigenvalue weighted by molar-refractivity contribution is 5.96. The summed E-state index contributed by atoms with van der Waals surface area (Å²) in [5, 5.41) is 18.3. The van der Waals surface area contributed by atoms with Crippen LogP contribution in [0, 0.1) is 46.7 Å². The molecule has 0 bridgehead atoms. The minimum absolute atomic E-state index is 0.115. The molecule has 3 fully saturated rings. The van der Waals surface area contributed by atoms with Crippen LogP contribution >= 0.6 is 0 Å². The number of hydrogen-bond donors (Lipinski definition) is 2. The van der Waals surface area contributed by atoms with Crippen LogP contribution in [0.3, 0.4) is 0 Å². The van der Waals surface area contributed by atoms with Crippen molar-refractivity contribution < 1.29 is 19.1 Å². The lowest BCUT2D eigenvalue weighted by Gasteiger charge is -2.58. The van der Waals surface area contributed by atoms with Crippen LogP contribution in [0.25, 0.3) is 0 Å². The van der Waals surface area contributed by atoms with Crippen LogP contribution in [0.1, 0.15) is 70.8 Å². The number of carbonyl (C=O) groups is 1. The fourth-order valence-electron chi connectivity index (χ4n) is 8.12. The van der Waals surface area contributed by atoms with Gasteiger partial charge in [0, 0.05) is 12.0 Å². The zero-order valence-corrected chi connectivity index (χ0v) is 22.1. The first kappa shape index (κ1) is 26.0. The predicted octanol–water partition coefficient (Wildman–Crippen LogP) is 5.18. The molecule has 1 aromatic carbocycles. The van der Waals surface area contributed by atoms with Gasteiger partial charge in [0.05, 0.1) is 5.71 Å². The number of fused-ring (bicyclic) bond motifs is 5. The lowest BCUT2D eigenvalue weighted by Crippen LogP contribution is -2.54. The second-order valence-corrected chi connectivity index (χ2v) is 12.1. The van der Waals surface area contributed by atoms with E-state index in [9.17, 15) is 14.3 Å². The van der Waals surface area contributed by atoms with E-state index < -0.39 is 5.60 Å². The monoisotopic (exact) mass is 506 g/mol. The van der Waals surface area contributed by atoms with Crippen LogP contribution in [0.5, 0.6) is 0 Å². The van der Waals surface area contributed by atoms with E-state index in [1.165, 1.54) is 17.7 Å². The number of carbonyl (C=O) groups excluding carboxylic acids is 1. The minimum Gasteiger partial charge on any atom is -0.385 e. The van der Waals surface area contributed by atoms with Gasteiger partial charge in [0.1, 0.15) is 11.4 Å². The molecule has 4 aliphatic rings. The largest absolute Gasteiger partial charge is 0.385 e. The molecule has 0 saturated heterocycles. The Kier molecular flexibility index (Phi) is 6.96. The summed E-state index contributed by atoms with van der Waals surface area (Å²) in [6.45, 7) is 5.01. The molecule has 6 atom stereocenters. The maximum atomic E-state index is 13.0. The molecular weight excluding hydrogens is 467 g/mol. The summed E-state index contributed by atoms with van der Waals surface area (Å²) in [5.41, 5.74) is 2.36. The van der Waals surface area contributed by atoms with Crippen molar-refractivity contribution in [3.8, 4) is 12.3 Å². The van der Waals surface area contributed by atoms with Crippen LogP contribution in [-0.4, -0.2) is 35.5 Å². The maximum Gasteiger partial charge on any atom is 0.260 e. The molecule has 5 nitrogen and oxygen atoms in total. The zero-order chi connectivity index (χ0) is 26.3. The van der Waals surface area contributed by atoms with Gasteiger partial charge in [0.25, 0.3) is 5.91 Å². The van der Waals surface area contributed by atoms with Crippen LogP contribution in [-0.2, 0) is 16.1 Å². The fraction of sp³-hybridized carbons (Fsp3) is 0.613. The molecule has 4 aliphatic carbocycles. The molecule has 1 aromatic rings. The minimum atomic E-state index is -0.962. The summed E-state index contributed by atoms with van der Waals surface area (Å²) in [6.07, 6.45) is 16.6. The average molecular weight is 507 g/mol. The van der Waals surface area contributed by atoms with Crippen molar-refractivity contribution in [1.29, 1.82) is 0 Å². The van der Waals surface area contributed by atoms with E-state index in [1.54, 1.807) is 12.1 Å². The second kappa shape index (κ2) is 9.91. The first-order chi connectivity index (χ1) is 17.7. The van der Waals surface area contributed by atoms with Gasteiger partial charge < -0.3 is 15.3 Å². The number of hydrogen-bond acceptors (Lipinski definition) is 4. The van der Waals surface area contributed by atoms with E-state index in [0.29, 0.717) is 30.7 Å². The second-order valence-electron chi connectivity index (χ2n) is 12.1. The molecule has 0 aromatic heterocycles. The topological polar surface area (TPSA) is 70.9 Å². The van der Waals surface area contributed by atoms with Crippen molar-refractivity contribution in [2.24, 2.45) is 33.7 Å². The Balaban J connectivity index is 1.16. The molecule has 0 heterocycles. The molecule has 1 amide bonds. The molecule has 6 heteroatoms. The van der Waals surface area contributed by atoms with Crippen LogP contribution in [0.4, 0.5) is 4.39 Å². The summed E-state index contributed by atoms with van der Waals surface area (Å²) >= 11 is 0. The van der Waals surface area contributed by atoms with Crippen molar-refractivity contribution in [1.82, 2.24) is 5.32 Å². The van der Waals surface area contributed by atoms with E-state index in [1.807, 2.05) is 0 Å². The van der Waals surface area contributed by atoms with Gasteiger partial charge in [-0.3, -0.25) is 4.79 Å². The highest BCUT2D eigenvalue weighted by atomic mass is 19.1. The van der Waals surface area contributed by atoms with Crippen LogP contribution < -0.4 is 5.32 Å². The summed E-state index contributed by atoms with van der Waals surface area (Å²) < 4.78 is 13.0. The van der Waals surface area contributed by atoms with Gasteiger partial charge >= 0.3 is 0 Å². The Morgan fingerprint density at radius 1 is 1.16 bits per heavy atom. The predicted molar refractivity (Wildman–Crippen MR) is 142 cm³/mol. The lowest BCUT2D eigenvalue weighted by atomic mass is 9.46. The van der Waals surface area contributed by atoms with Gasteiger partial charge in [-0.1, -0.05) is 42.6 Å². The van der Waals surface area contributed by atoms with E-state index in [2.05, 4.69) is 36.3 Å². The van der Waals surface area contributed by atoms with E-state index in [-0.39, 0.29) is 29.2 Å². The SMILES string of the molecule is C#C[C@]1(O)CC[C@H]2[C@@H]3CCC4=C/C(=N/OCC(=O)NCCc5ccc(F)cc5)CC[C@]4(C)[C@H]3CC[C@@]21C. The summed E-state index contributed by atoms with van der Waals surface area (Å²) in [5.74, 6) is 4.00. The molecule has 0 unspecified atom stereocenters. The van der Waals surface area contributed by atoms with Gasteiger partial charge in [0.15, 0.2) is 6.61 Å². The highest BCUT2D eigenvalue weighted by Crippen LogP contribution is 2.67. The Bertz CT molecular complexity index is 1140. The standard InChI is InChI=1S/C31H39FN2O3/c1-4-31(36)17-13-27-25-10-7-22-19-24(11-15-29(22,2)26(25)12-16-30(27,31)3)34-37-20-28(35)33-18-14-21-5-8-23(32)9-6-21/h1,5-6,8-9,19,25-27,36H,7,10-18,20H2,2-3H3,(H,33,35)/b34-24+/t25-,26+,27+,29+,30+,31+/m1/s1. The van der Waals surface area contributed by atoms with E-state index >= 15 is 0 Å². The molecule has 0 aliphatic heterocycles. The molecule has 198 valence electrons. The van der Waals surface area contributed by atoms with Crippen molar-refractivity contribution in [2.75, 3.05) is 13.2 Å². The van der Waals surface area contributed by atoms with E-state index in [4.69, 9.17) is 11.3 Å². The smallest absolute Gasteiger partial charge is 0.260 e. The molecule has 5 rings (SSSR count). The zero-order valence-electron chi connectivity index (χ0n) is 22.1. The number of oxime groups is 1. The first-order valence-corrected chi connectivity index (χ1v) is 13.8. The summed E-state index contributed by atoms with van der Waals surface area (Å²) in [4.78, 5) is 17.6. The maximum absolute atomic E-state index is 13.0. The van der Waals surface area contributed by atoms with Gasteiger partial charge in [-0.2, -0.15) is 0 Å². The van der Waals surface area contributed by atoms with Gasteiger partial charge in [-0.25, -0.2) is 4.39 Å². The normalized spacial score (nSPS) is 37.5. The molecule has 0 radical (unpaired) electrons.